The smallest absolute Gasteiger partial charge is 0.134 e. The van der Waals surface area contributed by atoms with Gasteiger partial charge in [-0.2, -0.15) is 0 Å². The maximum atomic E-state index is 7.60. The van der Waals surface area contributed by atoms with E-state index in [1.807, 2.05) is 18.2 Å². The van der Waals surface area contributed by atoms with Crippen molar-refractivity contribution in [2.75, 3.05) is 0 Å². The molecule has 0 bridgehead atoms. The number of aryl methyl sites for hydroxylation is 1. The molecular formula is C14H17NO. The molecule has 0 radical (unpaired) electrons. The van der Waals surface area contributed by atoms with Crippen molar-refractivity contribution < 1.29 is 4.42 Å². The van der Waals surface area contributed by atoms with E-state index >= 15 is 0 Å². The average molecular weight is 215 g/mol. The second-order valence-corrected chi connectivity index (χ2v) is 4.19. The molecule has 1 heterocycles. The molecule has 0 saturated heterocycles. The van der Waals surface area contributed by atoms with Gasteiger partial charge in [0.2, 0.25) is 0 Å². The highest BCUT2D eigenvalue weighted by atomic mass is 16.3. The Bertz CT molecular complexity index is 510. The Morgan fingerprint density at radius 1 is 1.31 bits per heavy atom. The summed E-state index contributed by atoms with van der Waals surface area (Å²) in [7, 11) is 0. The Labute approximate surface area is 95.8 Å². The molecule has 0 saturated carbocycles. The second-order valence-electron chi connectivity index (χ2n) is 4.19. The number of furan rings is 1. The van der Waals surface area contributed by atoms with E-state index in [-0.39, 0.29) is 0 Å². The van der Waals surface area contributed by atoms with Crippen LogP contribution in [0.25, 0.3) is 11.0 Å². The zero-order valence-corrected chi connectivity index (χ0v) is 9.84. The topological polar surface area (TPSA) is 37.0 Å². The molecule has 0 aliphatic heterocycles. The minimum Gasteiger partial charge on any atom is -0.461 e. The molecule has 1 aromatic carbocycles. The summed E-state index contributed by atoms with van der Waals surface area (Å²) in [6.07, 6.45) is 3.35. The molecule has 84 valence electrons. The van der Waals surface area contributed by atoms with Gasteiger partial charge in [-0.3, -0.25) is 0 Å². The van der Waals surface area contributed by atoms with Crippen molar-refractivity contribution in [2.24, 2.45) is 0 Å². The predicted molar refractivity (Wildman–Crippen MR) is 67.3 cm³/mol. The lowest BCUT2D eigenvalue weighted by molar-refractivity contribution is 0.536. The van der Waals surface area contributed by atoms with E-state index in [2.05, 4.69) is 13.0 Å². The van der Waals surface area contributed by atoms with Crippen molar-refractivity contribution >= 4 is 16.7 Å². The largest absolute Gasteiger partial charge is 0.461 e. The van der Waals surface area contributed by atoms with Gasteiger partial charge in [0, 0.05) is 17.5 Å². The third kappa shape index (κ3) is 2.16. The lowest BCUT2D eigenvalue weighted by Crippen LogP contribution is -1.89. The molecule has 2 rings (SSSR count). The van der Waals surface area contributed by atoms with E-state index in [1.54, 1.807) is 6.92 Å². The quantitative estimate of drug-likeness (QED) is 0.764. The maximum absolute atomic E-state index is 7.60. The summed E-state index contributed by atoms with van der Waals surface area (Å²) in [5.74, 6) is 1.05. The molecule has 1 aromatic heterocycles. The van der Waals surface area contributed by atoms with Gasteiger partial charge in [0.15, 0.2) is 0 Å². The van der Waals surface area contributed by atoms with Crippen LogP contribution in [0.4, 0.5) is 0 Å². The first-order chi connectivity index (χ1) is 7.70. The molecule has 1 N–H and O–H groups in total. The highest BCUT2D eigenvalue weighted by molar-refractivity contribution is 5.99. The molecule has 2 heteroatoms. The molecule has 0 fully saturated rings. The molecule has 0 spiro atoms. The molecule has 0 aliphatic rings. The lowest BCUT2D eigenvalue weighted by atomic mass is 10.1. The fraction of sp³-hybridized carbons (Fsp3) is 0.357. The first-order valence-electron chi connectivity index (χ1n) is 5.78. The van der Waals surface area contributed by atoms with Crippen molar-refractivity contribution in [3.8, 4) is 0 Å². The Hall–Kier alpha value is -1.57. The van der Waals surface area contributed by atoms with Crippen LogP contribution in [0.15, 0.2) is 28.7 Å². The minimum atomic E-state index is 0.596. The molecule has 2 aromatic rings. The number of unbranched alkanes of at least 4 members (excludes halogenated alkanes) is 1. The summed E-state index contributed by atoms with van der Waals surface area (Å²) >= 11 is 0. The van der Waals surface area contributed by atoms with Gasteiger partial charge in [0.1, 0.15) is 11.3 Å². The maximum Gasteiger partial charge on any atom is 0.134 e. The van der Waals surface area contributed by atoms with Crippen LogP contribution in [-0.4, -0.2) is 5.71 Å². The van der Waals surface area contributed by atoms with Gasteiger partial charge in [-0.15, -0.1) is 0 Å². The summed E-state index contributed by atoms with van der Waals surface area (Å²) in [6, 6.07) is 8.02. The zero-order valence-electron chi connectivity index (χ0n) is 9.84. The van der Waals surface area contributed by atoms with Gasteiger partial charge in [-0.25, -0.2) is 0 Å². The number of rotatable bonds is 4. The number of benzene rings is 1. The van der Waals surface area contributed by atoms with E-state index in [9.17, 15) is 0 Å². The standard InChI is InChI=1S/C14H17NO/c1-3-4-5-13-9-12-8-11(10(2)15)6-7-14(12)16-13/h6-9,15H,3-5H2,1-2H3. The van der Waals surface area contributed by atoms with Crippen LogP contribution < -0.4 is 0 Å². The lowest BCUT2D eigenvalue weighted by Gasteiger charge is -1.96. The first kappa shape index (κ1) is 10.9. The van der Waals surface area contributed by atoms with Crippen LogP contribution in [0.3, 0.4) is 0 Å². The SMILES string of the molecule is CCCCc1cc2cc(C(C)=N)ccc2o1. The monoisotopic (exact) mass is 215 g/mol. The highest BCUT2D eigenvalue weighted by Gasteiger charge is 2.05. The first-order valence-corrected chi connectivity index (χ1v) is 5.78. The van der Waals surface area contributed by atoms with E-state index in [4.69, 9.17) is 9.83 Å². The van der Waals surface area contributed by atoms with Gasteiger partial charge < -0.3 is 9.83 Å². The van der Waals surface area contributed by atoms with E-state index in [1.165, 1.54) is 6.42 Å². The average Bonchev–Trinajstić information content (AvgIpc) is 2.67. The molecule has 0 atom stereocenters. The summed E-state index contributed by atoms with van der Waals surface area (Å²) in [4.78, 5) is 0. The predicted octanol–water partition coefficient (Wildman–Crippen LogP) is 4.16. The Balaban J connectivity index is 2.34. The van der Waals surface area contributed by atoms with Crippen molar-refractivity contribution in [2.45, 2.75) is 33.1 Å². The van der Waals surface area contributed by atoms with Crippen LogP contribution in [0.5, 0.6) is 0 Å². The van der Waals surface area contributed by atoms with Crippen molar-refractivity contribution in [1.82, 2.24) is 0 Å². The summed E-state index contributed by atoms with van der Waals surface area (Å²) < 4.78 is 5.73. The molecule has 0 aliphatic carbocycles. The van der Waals surface area contributed by atoms with Crippen LogP contribution in [0.2, 0.25) is 0 Å². The van der Waals surface area contributed by atoms with Crippen molar-refractivity contribution in [3.63, 3.8) is 0 Å². The third-order valence-electron chi connectivity index (χ3n) is 2.78. The Morgan fingerprint density at radius 3 is 2.81 bits per heavy atom. The van der Waals surface area contributed by atoms with Gasteiger partial charge >= 0.3 is 0 Å². The molecular weight excluding hydrogens is 198 g/mol. The second kappa shape index (κ2) is 4.52. The van der Waals surface area contributed by atoms with Crippen LogP contribution in [0.1, 0.15) is 38.0 Å². The van der Waals surface area contributed by atoms with Crippen LogP contribution in [-0.2, 0) is 6.42 Å². The zero-order chi connectivity index (χ0) is 11.5. The Morgan fingerprint density at radius 2 is 2.12 bits per heavy atom. The highest BCUT2D eigenvalue weighted by Crippen LogP contribution is 2.22. The number of nitrogens with one attached hydrogen (secondary N) is 1. The third-order valence-corrected chi connectivity index (χ3v) is 2.78. The molecule has 2 nitrogen and oxygen atoms in total. The van der Waals surface area contributed by atoms with E-state index < -0.39 is 0 Å². The molecule has 0 amide bonds. The summed E-state index contributed by atoms with van der Waals surface area (Å²) in [5.41, 5.74) is 2.49. The number of hydrogen-bond acceptors (Lipinski definition) is 2. The van der Waals surface area contributed by atoms with E-state index in [0.29, 0.717) is 5.71 Å². The van der Waals surface area contributed by atoms with Gasteiger partial charge in [0.05, 0.1) is 0 Å². The minimum absolute atomic E-state index is 0.596. The fourth-order valence-corrected chi connectivity index (χ4v) is 1.81. The number of hydrogen-bond donors (Lipinski definition) is 1. The van der Waals surface area contributed by atoms with Crippen LogP contribution in [0, 0.1) is 5.41 Å². The van der Waals surface area contributed by atoms with Crippen molar-refractivity contribution in [3.05, 3.63) is 35.6 Å². The summed E-state index contributed by atoms with van der Waals surface area (Å²) in [6.45, 7) is 3.98. The Kier molecular flexibility index (Phi) is 3.09. The van der Waals surface area contributed by atoms with Gasteiger partial charge in [-0.1, -0.05) is 13.3 Å². The number of fused-ring (bicyclic) bond motifs is 1. The molecule has 0 unspecified atom stereocenters. The van der Waals surface area contributed by atoms with Gasteiger partial charge in [0.25, 0.3) is 0 Å². The van der Waals surface area contributed by atoms with Crippen LogP contribution >= 0.6 is 0 Å². The normalized spacial score (nSPS) is 10.9. The fourth-order valence-electron chi connectivity index (χ4n) is 1.81. The van der Waals surface area contributed by atoms with E-state index in [0.717, 1.165) is 35.1 Å². The molecule has 16 heavy (non-hydrogen) atoms. The van der Waals surface area contributed by atoms with Crippen molar-refractivity contribution in [1.29, 1.82) is 5.41 Å². The summed E-state index contributed by atoms with van der Waals surface area (Å²) in [5, 5.41) is 8.70. The van der Waals surface area contributed by atoms with Gasteiger partial charge in [-0.05, 0) is 43.2 Å².